The Kier molecular flexibility index (Phi) is 5.43. The number of anilines is 1. The third kappa shape index (κ3) is 4.22. The van der Waals surface area contributed by atoms with Gasteiger partial charge in [-0.1, -0.05) is 23.2 Å². The number of benzene rings is 2. The summed E-state index contributed by atoms with van der Waals surface area (Å²) in [5.74, 6) is 0.467. The Balaban J connectivity index is 1.70. The molecule has 0 spiro atoms. The predicted molar refractivity (Wildman–Crippen MR) is 103 cm³/mol. The number of nitrogens with zero attached hydrogens (tertiary/aromatic N) is 2. The van der Waals surface area contributed by atoms with Crippen molar-refractivity contribution in [3.05, 3.63) is 57.4 Å². The van der Waals surface area contributed by atoms with Gasteiger partial charge in [0.15, 0.2) is 11.5 Å². The second kappa shape index (κ2) is 7.74. The van der Waals surface area contributed by atoms with Gasteiger partial charge in [-0.2, -0.15) is 5.10 Å². The lowest BCUT2D eigenvalue weighted by Gasteiger charge is -2.03. The Morgan fingerprint density at radius 1 is 1.24 bits per heavy atom. The summed E-state index contributed by atoms with van der Waals surface area (Å²) in [6.07, 6.45) is 1.58. The van der Waals surface area contributed by atoms with Crippen LogP contribution < -0.4 is 10.2 Å². The second-order valence-electron chi connectivity index (χ2n) is 4.96. The molecule has 0 amide bonds. The Labute approximate surface area is 158 Å². The van der Waals surface area contributed by atoms with Gasteiger partial charge >= 0.3 is 0 Å². The molecule has 2 N–H and O–H groups in total. The number of ether oxygens (including phenoxy) is 1. The minimum absolute atomic E-state index is 0.0559. The van der Waals surface area contributed by atoms with Crippen LogP contribution >= 0.6 is 34.5 Å². The van der Waals surface area contributed by atoms with Crippen LogP contribution in [0.5, 0.6) is 11.5 Å². The van der Waals surface area contributed by atoms with Gasteiger partial charge in [0.2, 0.25) is 5.13 Å². The molecule has 0 radical (unpaired) electrons. The normalized spacial score (nSPS) is 11.0. The Hall–Kier alpha value is -2.28. The summed E-state index contributed by atoms with van der Waals surface area (Å²) in [5, 5.41) is 17.5. The predicted octanol–water partition coefficient (Wildman–Crippen LogP) is 5.28. The van der Waals surface area contributed by atoms with Gasteiger partial charge < -0.3 is 9.84 Å². The number of phenols is 1. The van der Waals surface area contributed by atoms with Crippen LogP contribution in [-0.4, -0.2) is 23.4 Å². The summed E-state index contributed by atoms with van der Waals surface area (Å²) in [7, 11) is 1.50. The van der Waals surface area contributed by atoms with Crippen LogP contribution in [0.4, 0.5) is 5.13 Å². The van der Waals surface area contributed by atoms with Crippen LogP contribution in [-0.2, 0) is 0 Å². The van der Waals surface area contributed by atoms with E-state index in [1.54, 1.807) is 36.5 Å². The van der Waals surface area contributed by atoms with Crippen LogP contribution in [0.25, 0.3) is 11.3 Å². The molecule has 5 nitrogen and oxygen atoms in total. The van der Waals surface area contributed by atoms with Gasteiger partial charge in [0.1, 0.15) is 0 Å². The van der Waals surface area contributed by atoms with Crippen LogP contribution in [0.3, 0.4) is 0 Å². The number of hydrazone groups is 1. The second-order valence-corrected chi connectivity index (χ2v) is 6.67. The molecule has 0 fully saturated rings. The molecule has 128 valence electrons. The Bertz CT molecular complexity index is 928. The molecule has 3 rings (SSSR count). The van der Waals surface area contributed by atoms with Crippen LogP contribution in [0.1, 0.15) is 5.56 Å². The number of rotatable bonds is 5. The minimum atomic E-state index is 0.0559. The molecule has 0 aliphatic heterocycles. The number of thiazole rings is 1. The summed E-state index contributed by atoms with van der Waals surface area (Å²) in [6, 6.07) is 10.3. The summed E-state index contributed by atoms with van der Waals surface area (Å²) in [4.78, 5) is 4.44. The first-order chi connectivity index (χ1) is 12.1. The van der Waals surface area contributed by atoms with Crippen molar-refractivity contribution in [2.75, 3.05) is 12.5 Å². The van der Waals surface area contributed by atoms with Gasteiger partial charge in [-0.25, -0.2) is 4.98 Å². The highest BCUT2D eigenvalue weighted by Gasteiger charge is 2.08. The van der Waals surface area contributed by atoms with E-state index < -0.39 is 0 Å². The zero-order chi connectivity index (χ0) is 17.8. The molecule has 2 aromatic carbocycles. The van der Waals surface area contributed by atoms with Crippen molar-refractivity contribution in [3.63, 3.8) is 0 Å². The number of nitrogens with one attached hydrogen (secondary N) is 1. The first-order valence-corrected chi connectivity index (χ1v) is 8.77. The molecule has 0 aliphatic carbocycles. The van der Waals surface area contributed by atoms with E-state index in [1.807, 2.05) is 11.4 Å². The fraction of sp³-hybridized carbons (Fsp3) is 0.0588. The molecule has 8 heteroatoms. The maximum absolute atomic E-state index is 9.74. The first kappa shape index (κ1) is 17.5. The maximum Gasteiger partial charge on any atom is 0.203 e. The molecular weight excluding hydrogens is 381 g/mol. The number of aromatic nitrogens is 1. The quantitative estimate of drug-likeness (QED) is 0.457. The van der Waals surface area contributed by atoms with Gasteiger partial charge in [0, 0.05) is 16.0 Å². The van der Waals surface area contributed by atoms with Crippen molar-refractivity contribution in [1.29, 1.82) is 0 Å². The molecule has 0 saturated carbocycles. The van der Waals surface area contributed by atoms with Crippen molar-refractivity contribution in [2.24, 2.45) is 5.10 Å². The van der Waals surface area contributed by atoms with E-state index >= 15 is 0 Å². The number of hydrogen-bond acceptors (Lipinski definition) is 6. The molecule has 0 saturated heterocycles. The summed E-state index contributed by atoms with van der Waals surface area (Å²) in [6.45, 7) is 0. The Morgan fingerprint density at radius 2 is 2.08 bits per heavy atom. The standard InChI is InChI=1S/C17H13Cl2N3O2S/c1-24-16-5-2-10(6-15(16)23)8-20-22-17-21-14(9-25-17)12-4-3-11(18)7-13(12)19/h2-9,23H,1H3,(H,21,22)/b20-8+. The van der Waals surface area contributed by atoms with Crippen molar-refractivity contribution >= 4 is 45.9 Å². The highest BCUT2D eigenvalue weighted by molar-refractivity contribution is 7.14. The topological polar surface area (TPSA) is 66.7 Å². The van der Waals surface area contributed by atoms with Crippen molar-refractivity contribution in [3.8, 4) is 22.8 Å². The van der Waals surface area contributed by atoms with Gasteiger partial charge in [-0.05, 0) is 42.0 Å². The van der Waals surface area contributed by atoms with E-state index in [0.717, 1.165) is 16.8 Å². The van der Waals surface area contributed by atoms with Crippen LogP contribution in [0.15, 0.2) is 46.9 Å². The zero-order valence-electron chi connectivity index (χ0n) is 13.0. The third-order valence-electron chi connectivity index (χ3n) is 3.29. The molecular formula is C17H13Cl2N3O2S. The van der Waals surface area contributed by atoms with E-state index in [0.29, 0.717) is 20.9 Å². The number of phenolic OH excluding ortho intramolecular Hbond substituents is 1. The molecule has 1 heterocycles. The highest BCUT2D eigenvalue weighted by Crippen LogP contribution is 2.32. The van der Waals surface area contributed by atoms with Gasteiger partial charge in [-0.3, -0.25) is 5.43 Å². The van der Waals surface area contributed by atoms with E-state index in [4.69, 9.17) is 27.9 Å². The fourth-order valence-corrected chi connectivity index (χ4v) is 3.26. The number of halogens is 2. The van der Waals surface area contributed by atoms with Gasteiger partial charge in [0.05, 0.1) is 24.0 Å². The van der Waals surface area contributed by atoms with Crippen molar-refractivity contribution < 1.29 is 9.84 Å². The lowest BCUT2D eigenvalue weighted by atomic mass is 10.2. The molecule has 0 atom stereocenters. The first-order valence-electron chi connectivity index (χ1n) is 7.14. The van der Waals surface area contributed by atoms with Crippen molar-refractivity contribution in [2.45, 2.75) is 0 Å². The molecule has 25 heavy (non-hydrogen) atoms. The fourth-order valence-electron chi connectivity index (χ4n) is 2.10. The lowest BCUT2D eigenvalue weighted by molar-refractivity contribution is 0.373. The lowest BCUT2D eigenvalue weighted by Crippen LogP contribution is -1.91. The minimum Gasteiger partial charge on any atom is -0.504 e. The molecule has 0 bridgehead atoms. The molecule has 1 aromatic heterocycles. The Morgan fingerprint density at radius 3 is 2.80 bits per heavy atom. The van der Waals surface area contributed by atoms with E-state index in [1.165, 1.54) is 18.4 Å². The highest BCUT2D eigenvalue weighted by atomic mass is 35.5. The van der Waals surface area contributed by atoms with Crippen LogP contribution in [0, 0.1) is 0 Å². The zero-order valence-corrected chi connectivity index (χ0v) is 15.4. The molecule has 3 aromatic rings. The summed E-state index contributed by atoms with van der Waals surface area (Å²) >= 11 is 13.5. The summed E-state index contributed by atoms with van der Waals surface area (Å²) < 4.78 is 5.00. The number of hydrogen-bond donors (Lipinski definition) is 2. The smallest absolute Gasteiger partial charge is 0.203 e. The average molecular weight is 394 g/mol. The van der Waals surface area contributed by atoms with Gasteiger partial charge in [0.25, 0.3) is 0 Å². The maximum atomic E-state index is 9.74. The summed E-state index contributed by atoms with van der Waals surface area (Å²) in [5.41, 5.74) is 5.13. The van der Waals surface area contributed by atoms with E-state index in [9.17, 15) is 5.11 Å². The van der Waals surface area contributed by atoms with Crippen molar-refractivity contribution in [1.82, 2.24) is 4.98 Å². The average Bonchev–Trinajstić information content (AvgIpc) is 3.03. The molecule has 0 unspecified atom stereocenters. The van der Waals surface area contributed by atoms with E-state index in [2.05, 4.69) is 15.5 Å². The molecule has 0 aliphatic rings. The number of aromatic hydroxyl groups is 1. The third-order valence-corrected chi connectivity index (χ3v) is 4.58. The van der Waals surface area contributed by atoms with E-state index in [-0.39, 0.29) is 5.75 Å². The number of methoxy groups -OCH3 is 1. The van der Waals surface area contributed by atoms with Gasteiger partial charge in [-0.15, -0.1) is 11.3 Å². The SMILES string of the molecule is COc1ccc(/C=N/Nc2nc(-c3ccc(Cl)cc3Cl)cs2)cc1O. The monoisotopic (exact) mass is 393 g/mol. The van der Waals surface area contributed by atoms with Crippen LogP contribution in [0.2, 0.25) is 10.0 Å². The largest absolute Gasteiger partial charge is 0.504 e.